The number of rotatable bonds is 6. The predicted molar refractivity (Wildman–Crippen MR) is 118 cm³/mol. The Hall–Kier alpha value is -2.18. The summed E-state index contributed by atoms with van der Waals surface area (Å²) >= 11 is 1.72. The van der Waals surface area contributed by atoms with E-state index in [4.69, 9.17) is 9.72 Å². The van der Waals surface area contributed by atoms with Crippen LogP contribution in [0, 0.1) is 5.92 Å². The Labute approximate surface area is 175 Å². The Morgan fingerprint density at radius 2 is 2.10 bits per heavy atom. The largest absolute Gasteiger partial charge is 0.494 e. The SMILES string of the molecule is CCOc1ccc(C[NH+](C)[C@@H](C)c2nc3sc4c(c3c(=O)[nH]2)CC[C@@H](C)C4)cc1. The van der Waals surface area contributed by atoms with Gasteiger partial charge in [0.05, 0.1) is 19.0 Å². The number of hydrogen-bond acceptors (Lipinski definition) is 4. The number of fused-ring (bicyclic) bond motifs is 3. The lowest BCUT2D eigenvalue weighted by atomic mass is 9.89. The van der Waals surface area contributed by atoms with E-state index in [0.29, 0.717) is 12.5 Å². The average molecular weight is 413 g/mol. The minimum atomic E-state index is 0.0257. The predicted octanol–water partition coefficient (Wildman–Crippen LogP) is 3.28. The fourth-order valence-corrected chi connectivity index (χ4v) is 5.54. The number of aryl methyl sites for hydroxylation is 1. The van der Waals surface area contributed by atoms with Crippen LogP contribution in [0.15, 0.2) is 29.1 Å². The number of nitrogens with zero attached hydrogens (tertiary/aromatic N) is 1. The van der Waals surface area contributed by atoms with Gasteiger partial charge in [-0.15, -0.1) is 11.3 Å². The van der Waals surface area contributed by atoms with Crippen LogP contribution in [-0.4, -0.2) is 23.6 Å². The van der Waals surface area contributed by atoms with Gasteiger partial charge in [-0.25, -0.2) is 4.98 Å². The molecule has 2 aromatic heterocycles. The molecule has 5 nitrogen and oxygen atoms in total. The maximum Gasteiger partial charge on any atom is 0.260 e. The van der Waals surface area contributed by atoms with E-state index >= 15 is 0 Å². The van der Waals surface area contributed by atoms with E-state index in [1.807, 2.05) is 19.1 Å². The molecule has 0 spiro atoms. The molecule has 29 heavy (non-hydrogen) atoms. The second-order valence-electron chi connectivity index (χ2n) is 8.30. The topological polar surface area (TPSA) is 59.4 Å². The molecule has 0 saturated heterocycles. The quantitative estimate of drug-likeness (QED) is 0.653. The van der Waals surface area contributed by atoms with Gasteiger partial charge >= 0.3 is 0 Å². The zero-order valence-electron chi connectivity index (χ0n) is 17.7. The molecule has 0 aliphatic heterocycles. The molecule has 1 aromatic carbocycles. The molecule has 3 aromatic rings. The van der Waals surface area contributed by atoms with Gasteiger partial charge < -0.3 is 14.6 Å². The summed E-state index contributed by atoms with van der Waals surface area (Å²) in [5, 5.41) is 0.831. The van der Waals surface area contributed by atoms with Crippen molar-refractivity contribution in [2.45, 2.75) is 52.6 Å². The highest BCUT2D eigenvalue weighted by molar-refractivity contribution is 7.18. The van der Waals surface area contributed by atoms with Crippen molar-refractivity contribution in [1.29, 1.82) is 0 Å². The van der Waals surface area contributed by atoms with Gasteiger partial charge in [-0.3, -0.25) is 4.79 Å². The second-order valence-corrected chi connectivity index (χ2v) is 9.39. The summed E-state index contributed by atoms with van der Waals surface area (Å²) in [7, 11) is 2.15. The van der Waals surface area contributed by atoms with Crippen LogP contribution in [0.25, 0.3) is 10.2 Å². The first-order valence-electron chi connectivity index (χ1n) is 10.5. The molecule has 0 bridgehead atoms. The molecular weight excluding hydrogens is 382 g/mol. The third-order valence-corrected chi connectivity index (χ3v) is 7.20. The molecule has 0 saturated carbocycles. The summed E-state index contributed by atoms with van der Waals surface area (Å²) in [6, 6.07) is 8.33. The molecule has 3 atom stereocenters. The number of H-pyrrole nitrogens is 1. The normalized spacial score (nSPS) is 18.4. The number of ether oxygens (including phenoxy) is 1. The van der Waals surface area contributed by atoms with Gasteiger partial charge in [-0.2, -0.15) is 0 Å². The van der Waals surface area contributed by atoms with E-state index in [2.05, 4.69) is 38.0 Å². The summed E-state index contributed by atoms with van der Waals surface area (Å²) in [4.78, 5) is 24.4. The van der Waals surface area contributed by atoms with Crippen LogP contribution < -0.4 is 15.2 Å². The van der Waals surface area contributed by atoms with Crippen LogP contribution >= 0.6 is 11.3 Å². The van der Waals surface area contributed by atoms with Crippen molar-refractivity contribution in [1.82, 2.24) is 9.97 Å². The summed E-state index contributed by atoms with van der Waals surface area (Å²) in [6.45, 7) is 7.94. The summed E-state index contributed by atoms with van der Waals surface area (Å²) in [6.07, 6.45) is 3.23. The highest BCUT2D eigenvalue weighted by Gasteiger charge is 2.25. The molecule has 0 amide bonds. The Kier molecular flexibility index (Phi) is 5.74. The third kappa shape index (κ3) is 4.09. The number of nitrogens with one attached hydrogen (secondary N) is 2. The first-order valence-corrected chi connectivity index (χ1v) is 11.4. The zero-order chi connectivity index (χ0) is 20.5. The van der Waals surface area contributed by atoms with Gasteiger partial charge in [-0.05, 0) is 68.9 Å². The minimum Gasteiger partial charge on any atom is -0.494 e. The molecule has 1 aliphatic carbocycles. The molecule has 4 rings (SSSR count). The van der Waals surface area contributed by atoms with Gasteiger partial charge in [0.15, 0.2) is 5.82 Å². The van der Waals surface area contributed by atoms with Gasteiger partial charge in [0.25, 0.3) is 5.56 Å². The number of hydrogen-bond donors (Lipinski definition) is 2. The van der Waals surface area contributed by atoms with Crippen LogP contribution in [0.5, 0.6) is 5.75 Å². The van der Waals surface area contributed by atoms with E-state index in [9.17, 15) is 4.79 Å². The smallest absolute Gasteiger partial charge is 0.260 e. The Morgan fingerprint density at radius 1 is 1.34 bits per heavy atom. The molecule has 1 unspecified atom stereocenters. The maximum absolute atomic E-state index is 12.9. The maximum atomic E-state index is 12.9. The number of quaternary nitrogens is 1. The van der Waals surface area contributed by atoms with Crippen LogP contribution in [0.3, 0.4) is 0 Å². The molecule has 0 radical (unpaired) electrons. The Morgan fingerprint density at radius 3 is 2.83 bits per heavy atom. The second kappa shape index (κ2) is 8.28. The van der Waals surface area contributed by atoms with E-state index in [1.165, 1.54) is 20.9 Å². The molecule has 1 aliphatic rings. The highest BCUT2D eigenvalue weighted by Crippen LogP contribution is 2.35. The van der Waals surface area contributed by atoms with Crippen molar-refractivity contribution in [3.05, 3.63) is 56.4 Å². The number of aromatic nitrogens is 2. The fourth-order valence-electron chi connectivity index (χ4n) is 4.15. The van der Waals surface area contributed by atoms with E-state index in [0.717, 1.165) is 47.6 Å². The van der Waals surface area contributed by atoms with Crippen molar-refractivity contribution in [3.63, 3.8) is 0 Å². The first-order chi connectivity index (χ1) is 14.0. The van der Waals surface area contributed by atoms with Gasteiger partial charge in [0.2, 0.25) is 0 Å². The molecular formula is C23H30N3O2S+. The molecule has 2 heterocycles. The van der Waals surface area contributed by atoms with Crippen molar-refractivity contribution < 1.29 is 9.64 Å². The zero-order valence-corrected chi connectivity index (χ0v) is 18.5. The monoisotopic (exact) mass is 412 g/mol. The van der Waals surface area contributed by atoms with E-state index in [-0.39, 0.29) is 11.6 Å². The number of aromatic amines is 1. The lowest BCUT2D eigenvalue weighted by molar-refractivity contribution is -0.924. The van der Waals surface area contributed by atoms with Gasteiger partial charge in [0, 0.05) is 10.4 Å². The van der Waals surface area contributed by atoms with Crippen molar-refractivity contribution >= 4 is 21.6 Å². The summed E-state index contributed by atoms with van der Waals surface area (Å²) < 4.78 is 5.52. The van der Waals surface area contributed by atoms with Crippen molar-refractivity contribution in [2.24, 2.45) is 5.92 Å². The highest BCUT2D eigenvalue weighted by atomic mass is 32.1. The third-order valence-electron chi connectivity index (χ3n) is 6.05. The van der Waals surface area contributed by atoms with Crippen molar-refractivity contribution in [3.8, 4) is 5.75 Å². The fraction of sp³-hybridized carbons (Fsp3) is 0.478. The Balaban J connectivity index is 1.56. The Bertz CT molecular complexity index is 1050. The van der Waals surface area contributed by atoms with Crippen molar-refractivity contribution in [2.75, 3.05) is 13.7 Å². The van der Waals surface area contributed by atoms with Crippen LogP contribution in [-0.2, 0) is 19.4 Å². The lowest BCUT2D eigenvalue weighted by Gasteiger charge is -2.21. The molecule has 2 N–H and O–H groups in total. The molecule has 6 heteroatoms. The van der Waals surface area contributed by atoms with Gasteiger partial charge in [0.1, 0.15) is 23.2 Å². The average Bonchev–Trinajstić information content (AvgIpc) is 3.06. The van der Waals surface area contributed by atoms with E-state index in [1.54, 1.807) is 11.3 Å². The van der Waals surface area contributed by atoms with Gasteiger partial charge in [-0.1, -0.05) is 6.92 Å². The van der Waals surface area contributed by atoms with E-state index < -0.39 is 0 Å². The first kappa shape index (κ1) is 20.1. The minimum absolute atomic E-state index is 0.0257. The number of thiophene rings is 1. The number of benzene rings is 1. The molecule has 154 valence electrons. The summed E-state index contributed by atoms with van der Waals surface area (Å²) in [5.74, 6) is 2.37. The van der Waals surface area contributed by atoms with Crippen LogP contribution in [0.4, 0.5) is 0 Å². The lowest BCUT2D eigenvalue weighted by Crippen LogP contribution is -3.07. The van der Waals surface area contributed by atoms with Crippen LogP contribution in [0.2, 0.25) is 0 Å². The van der Waals surface area contributed by atoms with Crippen LogP contribution in [0.1, 0.15) is 55.1 Å². The summed E-state index contributed by atoms with van der Waals surface area (Å²) in [5.41, 5.74) is 2.51. The molecule has 0 fully saturated rings. The standard InChI is InChI=1S/C23H29N3O2S/c1-5-28-17-9-7-16(8-10-17)13-26(4)15(3)21-24-22(27)20-18-11-6-14(2)12-19(18)29-23(20)25-21/h7-10,14-15H,5-6,11-13H2,1-4H3,(H,24,25,27)/p+1/t14-,15+/m1/s1.